The first kappa shape index (κ1) is 20.7. The van der Waals surface area contributed by atoms with Crippen LogP contribution in [-0.2, 0) is 9.53 Å². The molecule has 1 aromatic heterocycles. The number of nitriles is 1. The molecule has 27 heavy (non-hydrogen) atoms. The number of carbonyl (C=O) groups excluding carboxylic acids is 2. The van der Waals surface area contributed by atoms with Crippen LogP contribution in [0, 0.1) is 24.2 Å². The van der Waals surface area contributed by atoms with Crippen LogP contribution >= 0.6 is 11.6 Å². The molecule has 2 aromatic rings. The standard InChI is InChI=1S/C20H22ClN3O3/c1-11(2)20(5,10-22)24-18(25)13(4)27-19(26)16-9-14-8-15(21)6-7-17(14)23-12(16)3/h6-9,11,13H,1-5H3,(H,24,25). The Morgan fingerprint density at radius 3 is 2.56 bits per heavy atom. The summed E-state index contributed by atoms with van der Waals surface area (Å²) in [4.78, 5) is 29.3. The Bertz CT molecular complexity index is 936. The predicted octanol–water partition coefficient (Wildman–Crippen LogP) is 3.80. The quantitative estimate of drug-likeness (QED) is 0.788. The summed E-state index contributed by atoms with van der Waals surface area (Å²) in [6.45, 7) is 8.45. The summed E-state index contributed by atoms with van der Waals surface area (Å²) in [6, 6.07) is 8.93. The highest BCUT2D eigenvalue weighted by molar-refractivity contribution is 6.31. The van der Waals surface area contributed by atoms with Crippen molar-refractivity contribution < 1.29 is 14.3 Å². The number of hydrogen-bond acceptors (Lipinski definition) is 5. The second kappa shape index (κ2) is 7.93. The fraction of sp³-hybridized carbons (Fsp3) is 0.400. The normalized spacial score (nSPS) is 14.3. The highest BCUT2D eigenvalue weighted by Gasteiger charge is 2.32. The van der Waals surface area contributed by atoms with Crippen molar-refractivity contribution in [1.29, 1.82) is 5.26 Å². The molecule has 0 aliphatic rings. The Hall–Kier alpha value is -2.65. The minimum Gasteiger partial charge on any atom is -0.449 e. The van der Waals surface area contributed by atoms with E-state index in [0.29, 0.717) is 21.6 Å². The van der Waals surface area contributed by atoms with Crippen molar-refractivity contribution in [3.8, 4) is 6.07 Å². The number of benzene rings is 1. The van der Waals surface area contributed by atoms with E-state index >= 15 is 0 Å². The summed E-state index contributed by atoms with van der Waals surface area (Å²) in [5.74, 6) is -1.30. The number of esters is 1. The first-order valence-electron chi connectivity index (χ1n) is 8.58. The fourth-order valence-corrected chi connectivity index (χ4v) is 2.57. The van der Waals surface area contributed by atoms with E-state index in [1.165, 1.54) is 6.92 Å². The zero-order valence-electron chi connectivity index (χ0n) is 16.0. The number of ether oxygens (including phenoxy) is 1. The van der Waals surface area contributed by atoms with E-state index in [1.807, 2.05) is 13.8 Å². The first-order valence-corrected chi connectivity index (χ1v) is 8.96. The summed E-state index contributed by atoms with van der Waals surface area (Å²) in [5.41, 5.74) is 0.415. The molecule has 0 saturated heterocycles. The van der Waals surface area contributed by atoms with Gasteiger partial charge in [0.2, 0.25) is 0 Å². The van der Waals surface area contributed by atoms with E-state index in [-0.39, 0.29) is 11.5 Å². The molecule has 0 radical (unpaired) electrons. The first-order chi connectivity index (χ1) is 12.6. The van der Waals surface area contributed by atoms with Gasteiger partial charge in [-0.1, -0.05) is 25.4 Å². The van der Waals surface area contributed by atoms with Crippen LogP contribution in [0.4, 0.5) is 0 Å². The number of carbonyl (C=O) groups is 2. The van der Waals surface area contributed by atoms with Crippen molar-refractivity contribution in [2.24, 2.45) is 5.92 Å². The second-order valence-corrected chi connectivity index (χ2v) is 7.40. The number of fused-ring (bicyclic) bond motifs is 1. The Morgan fingerprint density at radius 2 is 1.96 bits per heavy atom. The van der Waals surface area contributed by atoms with Crippen LogP contribution in [0.2, 0.25) is 5.02 Å². The van der Waals surface area contributed by atoms with Crippen LogP contribution in [0.25, 0.3) is 10.9 Å². The van der Waals surface area contributed by atoms with Crippen LogP contribution in [0.1, 0.15) is 43.7 Å². The van der Waals surface area contributed by atoms with Crippen LogP contribution < -0.4 is 5.32 Å². The van der Waals surface area contributed by atoms with Crippen molar-refractivity contribution in [3.05, 3.63) is 40.5 Å². The maximum Gasteiger partial charge on any atom is 0.340 e. The van der Waals surface area contributed by atoms with Crippen LogP contribution in [-0.4, -0.2) is 28.5 Å². The predicted molar refractivity (Wildman–Crippen MR) is 103 cm³/mol. The zero-order chi connectivity index (χ0) is 20.4. The third-order valence-electron chi connectivity index (χ3n) is 4.61. The Balaban J connectivity index is 2.19. The molecule has 0 fully saturated rings. The molecule has 0 aliphatic heterocycles. The fourth-order valence-electron chi connectivity index (χ4n) is 2.39. The van der Waals surface area contributed by atoms with Gasteiger partial charge in [-0.05, 0) is 51.0 Å². The topological polar surface area (TPSA) is 92.1 Å². The number of nitrogens with one attached hydrogen (secondary N) is 1. The lowest BCUT2D eigenvalue weighted by Gasteiger charge is -2.28. The molecule has 0 aliphatic carbocycles. The van der Waals surface area contributed by atoms with Crippen LogP contribution in [0.5, 0.6) is 0 Å². The molecule has 142 valence electrons. The lowest BCUT2D eigenvalue weighted by Crippen LogP contribution is -2.52. The van der Waals surface area contributed by atoms with Gasteiger partial charge in [0.25, 0.3) is 5.91 Å². The molecule has 0 bridgehead atoms. The van der Waals surface area contributed by atoms with Gasteiger partial charge in [-0.25, -0.2) is 4.79 Å². The summed E-state index contributed by atoms with van der Waals surface area (Å²) in [7, 11) is 0. The van der Waals surface area contributed by atoms with Gasteiger partial charge in [0.1, 0.15) is 5.54 Å². The maximum atomic E-state index is 12.5. The number of rotatable bonds is 5. The number of aryl methyl sites for hydroxylation is 1. The third kappa shape index (κ3) is 4.55. The molecule has 1 aromatic carbocycles. The second-order valence-electron chi connectivity index (χ2n) is 6.96. The van der Waals surface area contributed by atoms with Gasteiger partial charge in [0.15, 0.2) is 6.10 Å². The summed E-state index contributed by atoms with van der Waals surface area (Å²) < 4.78 is 5.29. The Kier molecular flexibility index (Phi) is 6.07. The van der Waals surface area contributed by atoms with Crippen molar-refractivity contribution in [2.45, 2.75) is 46.3 Å². The van der Waals surface area contributed by atoms with Crippen LogP contribution in [0.15, 0.2) is 24.3 Å². The molecule has 2 rings (SSSR count). The summed E-state index contributed by atoms with van der Waals surface area (Å²) in [5, 5.41) is 13.2. The van der Waals surface area contributed by atoms with Crippen LogP contribution in [0.3, 0.4) is 0 Å². The van der Waals surface area contributed by atoms with E-state index in [2.05, 4.69) is 16.4 Å². The van der Waals surface area contributed by atoms with E-state index in [0.717, 1.165) is 0 Å². The molecular weight excluding hydrogens is 366 g/mol. The summed E-state index contributed by atoms with van der Waals surface area (Å²) >= 11 is 5.99. The van der Waals surface area contributed by atoms with Crippen molar-refractivity contribution in [3.63, 3.8) is 0 Å². The lowest BCUT2D eigenvalue weighted by atomic mass is 9.90. The molecule has 2 atom stereocenters. The number of pyridine rings is 1. The molecule has 6 nitrogen and oxygen atoms in total. The highest BCUT2D eigenvalue weighted by Crippen LogP contribution is 2.22. The van der Waals surface area contributed by atoms with E-state index in [1.54, 1.807) is 38.1 Å². The van der Waals surface area contributed by atoms with Gasteiger partial charge in [0.05, 0.1) is 22.8 Å². The minimum absolute atomic E-state index is 0.106. The van der Waals surface area contributed by atoms with Gasteiger partial charge in [0, 0.05) is 10.4 Å². The van der Waals surface area contributed by atoms with Gasteiger partial charge in [-0.15, -0.1) is 0 Å². The van der Waals surface area contributed by atoms with Crippen molar-refractivity contribution in [1.82, 2.24) is 10.3 Å². The van der Waals surface area contributed by atoms with E-state index < -0.39 is 23.5 Å². The number of aromatic nitrogens is 1. The Morgan fingerprint density at radius 1 is 1.30 bits per heavy atom. The zero-order valence-corrected chi connectivity index (χ0v) is 16.7. The van der Waals surface area contributed by atoms with Gasteiger partial charge < -0.3 is 10.1 Å². The number of nitrogens with zero attached hydrogens (tertiary/aromatic N) is 2. The van der Waals surface area contributed by atoms with Gasteiger partial charge in [-0.3, -0.25) is 9.78 Å². The molecule has 1 heterocycles. The van der Waals surface area contributed by atoms with Gasteiger partial charge >= 0.3 is 5.97 Å². The molecule has 1 amide bonds. The minimum atomic E-state index is -1.06. The van der Waals surface area contributed by atoms with E-state index in [9.17, 15) is 14.9 Å². The smallest absolute Gasteiger partial charge is 0.340 e. The third-order valence-corrected chi connectivity index (χ3v) is 4.85. The number of amides is 1. The average molecular weight is 388 g/mol. The molecular formula is C20H22ClN3O3. The van der Waals surface area contributed by atoms with Gasteiger partial charge in [-0.2, -0.15) is 5.26 Å². The average Bonchev–Trinajstić information content (AvgIpc) is 2.60. The highest BCUT2D eigenvalue weighted by atomic mass is 35.5. The maximum absolute atomic E-state index is 12.5. The van der Waals surface area contributed by atoms with Crippen molar-refractivity contribution >= 4 is 34.4 Å². The molecule has 2 unspecified atom stereocenters. The molecule has 0 spiro atoms. The largest absolute Gasteiger partial charge is 0.449 e. The summed E-state index contributed by atoms with van der Waals surface area (Å²) in [6.07, 6.45) is -1.06. The Labute approximate surface area is 163 Å². The molecule has 0 saturated carbocycles. The number of hydrogen-bond donors (Lipinski definition) is 1. The lowest BCUT2D eigenvalue weighted by molar-refractivity contribution is -0.130. The monoisotopic (exact) mass is 387 g/mol. The SMILES string of the molecule is Cc1nc2ccc(Cl)cc2cc1C(=O)OC(C)C(=O)NC(C)(C#N)C(C)C. The number of halogens is 1. The molecule has 7 heteroatoms. The molecule has 1 N–H and O–H groups in total. The van der Waals surface area contributed by atoms with E-state index in [4.69, 9.17) is 16.3 Å². The van der Waals surface area contributed by atoms with Crippen molar-refractivity contribution in [2.75, 3.05) is 0 Å².